The molecule has 0 heterocycles. The minimum absolute atomic E-state index is 0.0442. The molecule has 3 aromatic rings. The fraction of sp³-hybridized carbons (Fsp3) is 0.174. The first-order valence-electron chi connectivity index (χ1n) is 8.88. The SMILES string of the molecule is O=C(CCC(F)(F)c1ccc(-c2ccccc2F)cc1)Cc1ccc(O)cc1. The molecule has 5 heteroatoms. The quantitative estimate of drug-likeness (QED) is 0.552. The summed E-state index contributed by atoms with van der Waals surface area (Å²) in [5, 5.41) is 9.23. The highest BCUT2D eigenvalue weighted by molar-refractivity contribution is 5.81. The summed E-state index contributed by atoms with van der Waals surface area (Å²) in [6.45, 7) is 0. The number of benzene rings is 3. The lowest BCUT2D eigenvalue weighted by Crippen LogP contribution is -2.16. The van der Waals surface area contributed by atoms with Crippen LogP contribution in [0.1, 0.15) is 24.0 Å². The van der Waals surface area contributed by atoms with Crippen LogP contribution < -0.4 is 0 Å². The van der Waals surface area contributed by atoms with E-state index in [-0.39, 0.29) is 29.9 Å². The molecule has 0 amide bonds. The minimum atomic E-state index is -3.15. The lowest BCUT2D eigenvalue weighted by molar-refractivity contribution is -0.120. The van der Waals surface area contributed by atoms with Crippen molar-refractivity contribution in [1.29, 1.82) is 0 Å². The van der Waals surface area contributed by atoms with Gasteiger partial charge in [0.05, 0.1) is 0 Å². The van der Waals surface area contributed by atoms with Crippen LogP contribution in [0.3, 0.4) is 0 Å². The van der Waals surface area contributed by atoms with Crippen molar-refractivity contribution in [2.45, 2.75) is 25.2 Å². The van der Waals surface area contributed by atoms with Crippen molar-refractivity contribution in [2.24, 2.45) is 0 Å². The number of halogens is 3. The number of rotatable bonds is 7. The van der Waals surface area contributed by atoms with Gasteiger partial charge < -0.3 is 5.11 Å². The summed E-state index contributed by atoms with van der Waals surface area (Å²) in [5.41, 5.74) is 1.33. The Hall–Kier alpha value is -3.08. The van der Waals surface area contributed by atoms with Gasteiger partial charge in [0, 0.05) is 30.4 Å². The molecule has 2 nitrogen and oxygen atoms in total. The van der Waals surface area contributed by atoms with Gasteiger partial charge >= 0.3 is 0 Å². The van der Waals surface area contributed by atoms with Gasteiger partial charge in [-0.2, -0.15) is 0 Å². The van der Waals surface area contributed by atoms with Crippen molar-refractivity contribution in [2.75, 3.05) is 0 Å². The monoisotopic (exact) mass is 384 g/mol. The molecule has 0 aliphatic carbocycles. The Labute approximate surface area is 161 Å². The molecule has 0 spiro atoms. The van der Waals surface area contributed by atoms with Crippen LogP contribution >= 0.6 is 0 Å². The van der Waals surface area contributed by atoms with E-state index in [1.807, 2.05) is 0 Å². The van der Waals surface area contributed by atoms with Gasteiger partial charge in [-0.3, -0.25) is 4.79 Å². The van der Waals surface area contributed by atoms with Crippen LogP contribution in [0.5, 0.6) is 5.75 Å². The number of phenolic OH excluding ortho intramolecular Hbond substituents is 1. The highest BCUT2D eigenvalue weighted by Crippen LogP contribution is 2.34. The molecule has 0 fully saturated rings. The van der Waals surface area contributed by atoms with Crippen LogP contribution in [0.4, 0.5) is 13.2 Å². The summed E-state index contributed by atoms with van der Waals surface area (Å²) in [6, 6.07) is 17.7. The Balaban J connectivity index is 1.63. The van der Waals surface area contributed by atoms with Gasteiger partial charge in [0.2, 0.25) is 0 Å². The molecule has 3 rings (SSSR count). The second kappa shape index (κ2) is 8.30. The Morgan fingerprint density at radius 3 is 2.18 bits per heavy atom. The second-order valence-corrected chi connectivity index (χ2v) is 6.64. The zero-order valence-corrected chi connectivity index (χ0v) is 15.0. The molecule has 0 aromatic heterocycles. The van der Waals surface area contributed by atoms with Crippen molar-refractivity contribution in [3.05, 3.63) is 89.7 Å². The van der Waals surface area contributed by atoms with Gasteiger partial charge in [0.25, 0.3) is 5.92 Å². The highest BCUT2D eigenvalue weighted by Gasteiger charge is 2.31. The second-order valence-electron chi connectivity index (χ2n) is 6.64. The third-order valence-electron chi connectivity index (χ3n) is 4.55. The smallest absolute Gasteiger partial charge is 0.273 e. The van der Waals surface area contributed by atoms with Crippen LogP contribution in [0, 0.1) is 5.82 Å². The Morgan fingerprint density at radius 2 is 1.54 bits per heavy atom. The normalized spacial score (nSPS) is 11.4. The predicted molar refractivity (Wildman–Crippen MR) is 102 cm³/mol. The third kappa shape index (κ3) is 4.80. The number of carbonyl (C=O) groups excluding carboxylic acids is 1. The average molecular weight is 384 g/mol. The van der Waals surface area contributed by atoms with Crippen molar-refractivity contribution < 1.29 is 23.1 Å². The fourth-order valence-corrected chi connectivity index (χ4v) is 2.96. The third-order valence-corrected chi connectivity index (χ3v) is 4.55. The first kappa shape index (κ1) is 19.7. The van der Waals surface area contributed by atoms with E-state index in [9.17, 15) is 23.1 Å². The number of aromatic hydroxyl groups is 1. The number of Topliss-reactive ketones (excluding diaryl/α,β-unsaturated/α-hetero) is 1. The molecule has 3 aromatic carbocycles. The molecule has 0 bridgehead atoms. The summed E-state index contributed by atoms with van der Waals surface area (Å²) in [5.74, 6) is -3.78. The molecule has 0 aliphatic heterocycles. The lowest BCUT2D eigenvalue weighted by atomic mass is 9.97. The minimum Gasteiger partial charge on any atom is -0.508 e. The largest absolute Gasteiger partial charge is 0.508 e. The first-order chi connectivity index (χ1) is 13.3. The van der Waals surface area contributed by atoms with Gasteiger partial charge in [-0.05, 0) is 29.3 Å². The molecule has 28 heavy (non-hydrogen) atoms. The van der Waals surface area contributed by atoms with E-state index in [0.717, 1.165) is 0 Å². The maximum absolute atomic E-state index is 14.5. The van der Waals surface area contributed by atoms with E-state index in [4.69, 9.17) is 0 Å². The van der Waals surface area contributed by atoms with Crippen LogP contribution in [0.25, 0.3) is 11.1 Å². The van der Waals surface area contributed by atoms with Crippen LogP contribution in [0.15, 0.2) is 72.8 Å². The van der Waals surface area contributed by atoms with E-state index in [1.54, 1.807) is 30.3 Å². The van der Waals surface area contributed by atoms with E-state index < -0.39 is 18.2 Å². The van der Waals surface area contributed by atoms with Crippen molar-refractivity contribution >= 4 is 5.78 Å². The zero-order valence-electron chi connectivity index (χ0n) is 15.0. The zero-order chi connectivity index (χ0) is 20.1. The standard InChI is InChI=1S/C23H19F3O2/c24-22-4-2-1-3-21(22)17-7-9-18(10-8-17)23(25,26)14-13-20(28)15-16-5-11-19(27)12-6-16/h1-12,27H,13-15H2. The molecule has 0 atom stereocenters. The van der Waals surface area contributed by atoms with Crippen molar-refractivity contribution in [3.63, 3.8) is 0 Å². The van der Waals surface area contributed by atoms with Crippen LogP contribution in [0.2, 0.25) is 0 Å². The molecule has 0 aliphatic rings. The molecular formula is C23H19F3O2. The Bertz CT molecular complexity index is 948. The highest BCUT2D eigenvalue weighted by atomic mass is 19.3. The lowest BCUT2D eigenvalue weighted by Gasteiger charge is -2.17. The Kier molecular flexibility index (Phi) is 5.83. The molecule has 144 valence electrons. The van der Waals surface area contributed by atoms with Crippen molar-refractivity contribution in [1.82, 2.24) is 0 Å². The number of carbonyl (C=O) groups is 1. The summed E-state index contributed by atoms with van der Waals surface area (Å²) in [6.07, 6.45) is -0.811. The number of ketones is 1. The summed E-state index contributed by atoms with van der Waals surface area (Å²) in [4.78, 5) is 12.0. The van der Waals surface area contributed by atoms with E-state index in [0.29, 0.717) is 16.7 Å². The van der Waals surface area contributed by atoms with E-state index in [1.165, 1.54) is 42.5 Å². The molecule has 0 unspecified atom stereocenters. The number of phenols is 1. The average Bonchev–Trinajstić information content (AvgIpc) is 2.69. The van der Waals surface area contributed by atoms with Crippen molar-refractivity contribution in [3.8, 4) is 16.9 Å². The number of alkyl halides is 2. The molecule has 0 saturated heterocycles. The van der Waals surface area contributed by atoms with Crippen LogP contribution in [-0.2, 0) is 17.1 Å². The van der Waals surface area contributed by atoms with Gasteiger partial charge in [-0.1, -0.05) is 54.6 Å². The summed E-state index contributed by atoms with van der Waals surface area (Å²) in [7, 11) is 0. The van der Waals surface area contributed by atoms with Gasteiger partial charge in [-0.15, -0.1) is 0 Å². The Morgan fingerprint density at radius 1 is 0.893 bits per heavy atom. The van der Waals surface area contributed by atoms with Crippen LogP contribution in [-0.4, -0.2) is 10.9 Å². The number of hydrogen-bond acceptors (Lipinski definition) is 2. The molecule has 1 N–H and O–H groups in total. The maximum atomic E-state index is 14.5. The topological polar surface area (TPSA) is 37.3 Å². The van der Waals surface area contributed by atoms with Gasteiger partial charge in [0.1, 0.15) is 17.3 Å². The summed E-state index contributed by atoms with van der Waals surface area (Å²) < 4.78 is 42.7. The van der Waals surface area contributed by atoms with Gasteiger partial charge in [0.15, 0.2) is 0 Å². The molecular weight excluding hydrogens is 365 g/mol. The van der Waals surface area contributed by atoms with Gasteiger partial charge in [-0.25, -0.2) is 13.2 Å². The van der Waals surface area contributed by atoms with E-state index in [2.05, 4.69) is 0 Å². The number of hydrogen-bond donors (Lipinski definition) is 1. The fourth-order valence-electron chi connectivity index (χ4n) is 2.96. The molecule has 0 saturated carbocycles. The predicted octanol–water partition coefficient (Wildman–Crippen LogP) is 5.88. The molecule has 0 radical (unpaired) electrons. The first-order valence-corrected chi connectivity index (χ1v) is 8.88. The summed E-state index contributed by atoms with van der Waals surface area (Å²) >= 11 is 0. The van der Waals surface area contributed by atoms with E-state index >= 15 is 0 Å². The maximum Gasteiger partial charge on any atom is 0.273 e.